The fourth-order valence-corrected chi connectivity index (χ4v) is 3.28. The Balaban J connectivity index is 1.57. The summed E-state index contributed by atoms with van der Waals surface area (Å²) < 4.78 is 1.62. The third kappa shape index (κ3) is 3.73. The lowest BCUT2D eigenvalue weighted by molar-refractivity contribution is 0.0920. The number of hydrogen-bond donors (Lipinski definition) is 2. The molecular formula is C21H23N7O. The molecule has 148 valence electrons. The summed E-state index contributed by atoms with van der Waals surface area (Å²) in [5, 5.41) is 14.6. The van der Waals surface area contributed by atoms with Crippen molar-refractivity contribution in [1.82, 2.24) is 35.5 Å². The normalized spacial score (nSPS) is 13.3. The second-order valence-electron chi connectivity index (χ2n) is 7.16. The molecule has 2 aromatic carbocycles. The molecule has 0 fully saturated rings. The molecule has 8 nitrogen and oxygen atoms in total. The molecule has 0 unspecified atom stereocenters. The average Bonchev–Trinajstić information content (AvgIpc) is 3.37. The first-order chi connectivity index (χ1) is 14.1. The smallest absolute Gasteiger partial charge is 0.251 e. The summed E-state index contributed by atoms with van der Waals surface area (Å²) in [5.74, 6) is 1.54. The van der Waals surface area contributed by atoms with Crippen LogP contribution in [0.25, 0.3) is 16.7 Å². The van der Waals surface area contributed by atoms with Crippen molar-refractivity contribution in [3.05, 3.63) is 65.7 Å². The van der Waals surface area contributed by atoms with Crippen LogP contribution in [-0.4, -0.2) is 36.1 Å². The minimum absolute atomic E-state index is 0.143. The van der Waals surface area contributed by atoms with Crippen LogP contribution in [0.4, 0.5) is 0 Å². The highest BCUT2D eigenvalue weighted by molar-refractivity contribution is 5.94. The van der Waals surface area contributed by atoms with Gasteiger partial charge in [0.2, 0.25) is 0 Å². The van der Waals surface area contributed by atoms with Crippen molar-refractivity contribution in [2.75, 3.05) is 0 Å². The van der Waals surface area contributed by atoms with Crippen molar-refractivity contribution in [3.63, 3.8) is 0 Å². The van der Waals surface area contributed by atoms with Gasteiger partial charge >= 0.3 is 0 Å². The van der Waals surface area contributed by atoms with Gasteiger partial charge in [-0.1, -0.05) is 32.4 Å². The second-order valence-corrected chi connectivity index (χ2v) is 7.16. The number of nitrogens with one attached hydrogen (secondary N) is 2. The average molecular weight is 389 g/mol. The van der Waals surface area contributed by atoms with E-state index < -0.39 is 0 Å². The summed E-state index contributed by atoms with van der Waals surface area (Å²) in [6.07, 6.45) is 0.916. The molecule has 0 saturated carbocycles. The van der Waals surface area contributed by atoms with E-state index in [1.807, 2.05) is 43.3 Å². The molecule has 0 radical (unpaired) electrons. The van der Waals surface area contributed by atoms with Crippen LogP contribution < -0.4 is 5.32 Å². The third-order valence-electron chi connectivity index (χ3n) is 5.20. The molecule has 2 N–H and O–H groups in total. The van der Waals surface area contributed by atoms with Gasteiger partial charge in [0.15, 0.2) is 5.82 Å². The maximum Gasteiger partial charge on any atom is 0.251 e. The molecule has 0 saturated heterocycles. The summed E-state index contributed by atoms with van der Waals surface area (Å²) in [4.78, 5) is 21.0. The zero-order chi connectivity index (χ0) is 20.4. The van der Waals surface area contributed by atoms with Crippen LogP contribution in [0.1, 0.15) is 48.3 Å². The van der Waals surface area contributed by atoms with Gasteiger partial charge in [0, 0.05) is 5.56 Å². The van der Waals surface area contributed by atoms with Crippen molar-refractivity contribution in [1.29, 1.82) is 0 Å². The fraction of sp³-hybridized carbons (Fsp3) is 0.286. The molecule has 0 aliphatic carbocycles. The molecule has 29 heavy (non-hydrogen) atoms. The van der Waals surface area contributed by atoms with Crippen LogP contribution >= 0.6 is 0 Å². The number of hydrogen-bond acceptors (Lipinski definition) is 5. The molecule has 2 heterocycles. The number of H-pyrrole nitrogens is 1. The minimum atomic E-state index is -0.207. The molecule has 0 aliphatic rings. The molecule has 0 aliphatic heterocycles. The number of nitrogens with zero attached hydrogens (tertiary/aromatic N) is 5. The van der Waals surface area contributed by atoms with E-state index in [-0.39, 0.29) is 17.9 Å². The predicted octanol–water partition coefficient (Wildman–Crippen LogP) is 3.36. The molecule has 0 spiro atoms. The number of imidazole rings is 1. The van der Waals surface area contributed by atoms with Gasteiger partial charge in [-0.05, 0) is 59.7 Å². The third-order valence-corrected chi connectivity index (χ3v) is 5.20. The van der Waals surface area contributed by atoms with Crippen LogP contribution in [-0.2, 0) is 0 Å². The Morgan fingerprint density at radius 1 is 1.17 bits per heavy atom. The number of benzene rings is 2. The molecule has 2 aromatic heterocycles. The van der Waals surface area contributed by atoms with E-state index in [0.29, 0.717) is 11.4 Å². The lowest BCUT2D eigenvalue weighted by Gasteiger charge is -2.22. The number of fused-ring (bicyclic) bond motifs is 1. The first kappa shape index (κ1) is 18.8. The second kappa shape index (κ2) is 7.83. The van der Waals surface area contributed by atoms with Gasteiger partial charge in [0.1, 0.15) is 5.82 Å². The molecule has 4 aromatic rings. The Kier molecular flexibility index (Phi) is 5.07. The summed E-state index contributed by atoms with van der Waals surface area (Å²) >= 11 is 0. The number of aromatic nitrogens is 6. The lowest BCUT2D eigenvalue weighted by Crippen LogP contribution is -2.33. The summed E-state index contributed by atoms with van der Waals surface area (Å²) in [7, 11) is 0. The van der Waals surface area contributed by atoms with E-state index in [4.69, 9.17) is 4.98 Å². The summed E-state index contributed by atoms with van der Waals surface area (Å²) in [6.45, 7) is 6.04. The number of aryl methyl sites for hydroxylation is 1. The Bertz CT molecular complexity index is 1100. The topological polar surface area (TPSA) is 101 Å². The van der Waals surface area contributed by atoms with Crippen molar-refractivity contribution >= 4 is 16.9 Å². The summed E-state index contributed by atoms with van der Waals surface area (Å²) in [6, 6.07) is 14.9. The monoisotopic (exact) mass is 389 g/mol. The number of rotatable bonds is 6. The van der Waals surface area contributed by atoms with Gasteiger partial charge in [0.05, 0.1) is 22.8 Å². The Morgan fingerprint density at radius 2 is 1.93 bits per heavy atom. The maximum atomic E-state index is 12.9. The highest BCUT2D eigenvalue weighted by Gasteiger charge is 2.24. The molecule has 4 rings (SSSR count). The number of amides is 1. The van der Waals surface area contributed by atoms with Crippen molar-refractivity contribution in [3.8, 4) is 5.69 Å². The van der Waals surface area contributed by atoms with E-state index in [0.717, 1.165) is 29.0 Å². The number of tetrazole rings is 1. The number of para-hydroxylation sites is 2. The predicted molar refractivity (Wildman–Crippen MR) is 110 cm³/mol. The highest BCUT2D eigenvalue weighted by atomic mass is 16.1. The maximum absolute atomic E-state index is 12.9. The molecular weight excluding hydrogens is 366 g/mol. The quantitative estimate of drug-likeness (QED) is 0.526. The van der Waals surface area contributed by atoms with Gasteiger partial charge in [-0.25, -0.2) is 4.98 Å². The molecule has 1 amide bonds. The van der Waals surface area contributed by atoms with Crippen molar-refractivity contribution < 1.29 is 4.79 Å². The van der Waals surface area contributed by atoms with E-state index >= 15 is 0 Å². The van der Waals surface area contributed by atoms with Crippen LogP contribution in [0.15, 0.2) is 48.5 Å². The Morgan fingerprint density at radius 3 is 2.59 bits per heavy atom. The van der Waals surface area contributed by atoms with Crippen LogP contribution in [0, 0.1) is 12.8 Å². The van der Waals surface area contributed by atoms with Gasteiger partial charge in [0.25, 0.3) is 5.91 Å². The van der Waals surface area contributed by atoms with E-state index in [9.17, 15) is 4.79 Å². The van der Waals surface area contributed by atoms with Gasteiger partial charge in [-0.2, -0.15) is 4.68 Å². The number of carbonyl (C=O) groups excluding carboxylic acids is 1. The van der Waals surface area contributed by atoms with E-state index in [1.54, 1.807) is 16.8 Å². The summed E-state index contributed by atoms with van der Waals surface area (Å²) in [5.41, 5.74) is 3.24. The van der Waals surface area contributed by atoms with Crippen molar-refractivity contribution in [2.24, 2.45) is 5.92 Å². The number of aromatic amines is 1. The Labute approximate surface area is 168 Å². The minimum Gasteiger partial charge on any atom is -0.342 e. The van der Waals surface area contributed by atoms with Crippen LogP contribution in [0.2, 0.25) is 0 Å². The largest absolute Gasteiger partial charge is 0.342 e. The van der Waals surface area contributed by atoms with Gasteiger partial charge in [-0.15, -0.1) is 5.10 Å². The van der Waals surface area contributed by atoms with Crippen LogP contribution in [0.5, 0.6) is 0 Å². The SMILES string of the molecule is CC[C@H](C)[C@H](NC(=O)c1ccc(-n2nnnc2C)cc1)c1nc2ccccc2[nH]1. The van der Waals surface area contributed by atoms with Gasteiger partial charge in [-0.3, -0.25) is 4.79 Å². The molecule has 2 atom stereocenters. The first-order valence-corrected chi connectivity index (χ1v) is 9.67. The lowest BCUT2D eigenvalue weighted by atomic mass is 9.98. The van der Waals surface area contributed by atoms with E-state index in [1.165, 1.54) is 0 Å². The standard InChI is InChI=1S/C21H23N7O/c1-4-13(2)19(20-22-17-7-5-6-8-18(17)23-20)24-21(29)15-9-11-16(12-10-15)28-14(3)25-26-27-28/h5-13,19H,4H2,1-3H3,(H,22,23)(H,24,29)/t13-,19-/m0/s1. The van der Waals surface area contributed by atoms with E-state index in [2.05, 4.69) is 39.7 Å². The van der Waals surface area contributed by atoms with Crippen molar-refractivity contribution in [2.45, 2.75) is 33.2 Å². The zero-order valence-electron chi connectivity index (χ0n) is 16.6. The molecule has 8 heteroatoms. The zero-order valence-corrected chi connectivity index (χ0v) is 16.6. The first-order valence-electron chi connectivity index (χ1n) is 9.67. The number of carbonyl (C=O) groups is 1. The fourth-order valence-electron chi connectivity index (χ4n) is 3.28. The highest BCUT2D eigenvalue weighted by Crippen LogP contribution is 2.25. The van der Waals surface area contributed by atoms with Gasteiger partial charge < -0.3 is 10.3 Å². The molecule has 0 bridgehead atoms. The van der Waals surface area contributed by atoms with Crippen LogP contribution in [0.3, 0.4) is 0 Å². The Hall–Kier alpha value is -3.55.